The Morgan fingerprint density at radius 1 is 0.886 bits per heavy atom. The summed E-state index contributed by atoms with van der Waals surface area (Å²) in [5.74, 6) is -2.82. The van der Waals surface area contributed by atoms with Crippen molar-refractivity contribution >= 4 is 24.1 Å². The highest BCUT2D eigenvalue weighted by atomic mass is 16.4. The number of para-hydroxylation sites is 1. The van der Waals surface area contributed by atoms with Crippen LogP contribution in [-0.2, 0) is 0 Å². The zero-order valence-corrected chi connectivity index (χ0v) is 19.0. The van der Waals surface area contributed by atoms with E-state index in [1.165, 1.54) is 18.3 Å². The van der Waals surface area contributed by atoms with E-state index in [1.807, 2.05) is 54.2 Å². The van der Waals surface area contributed by atoms with Gasteiger partial charge in [-0.1, -0.05) is 12.1 Å². The van der Waals surface area contributed by atoms with Gasteiger partial charge >= 0.3 is 11.9 Å². The van der Waals surface area contributed by atoms with Crippen LogP contribution in [0.25, 0.3) is 11.4 Å². The summed E-state index contributed by atoms with van der Waals surface area (Å²) in [6.07, 6.45) is 5.19. The molecule has 2 aromatic carbocycles. The predicted molar refractivity (Wildman–Crippen MR) is 130 cm³/mol. The summed E-state index contributed by atoms with van der Waals surface area (Å²) in [6.45, 7) is 3.61. The van der Waals surface area contributed by atoms with Crippen molar-refractivity contribution in [2.75, 3.05) is 0 Å². The largest absolute Gasteiger partial charge is 0.478 e. The fraction of sp³-hybridized carbons (Fsp3) is 0.0769. The lowest BCUT2D eigenvalue weighted by molar-refractivity contribution is 0.0696. The molecule has 0 saturated carbocycles. The fourth-order valence-electron chi connectivity index (χ4n) is 3.91. The molecule has 9 heteroatoms. The van der Waals surface area contributed by atoms with Gasteiger partial charge in [0.2, 0.25) is 0 Å². The zero-order chi connectivity index (χ0) is 25.1. The molecule has 4 rings (SSSR count). The minimum absolute atomic E-state index is 0.128. The standard InChI is InChI=1S/C26H22N4O5/c1-16-11-20(17(2)30(16)21-13-18(25(32)33)12-19(14-21)26(34)35)15-27-28-24(31)22-7-3-4-8-23(22)29-9-5-6-10-29/h3-15H,1-2H3,(H,28,31)(H,32,33)(H,34,35)/b27-15-. The third kappa shape index (κ3) is 4.74. The van der Waals surface area contributed by atoms with Gasteiger partial charge in [0.05, 0.1) is 28.6 Å². The second-order valence-electron chi connectivity index (χ2n) is 7.85. The van der Waals surface area contributed by atoms with Crippen molar-refractivity contribution in [3.8, 4) is 11.4 Å². The molecule has 0 saturated heterocycles. The summed E-state index contributed by atoms with van der Waals surface area (Å²) in [5.41, 5.74) is 5.99. The smallest absolute Gasteiger partial charge is 0.335 e. The quantitative estimate of drug-likeness (QED) is 0.278. The van der Waals surface area contributed by atoms with Crippen molar-refractivity contribution in [2.24, 2.45) is 5.10 Å². The molecule has 0 aliphatic heterocycles. The van der Waals surface area contributed by atoms with Crippen LogP contribution in [0.3, 0.4) is 0 Å². The van der Waals surface area contributed by atoms with Crippen LogP contribution in [-0.4, -0.2) is 43.4 Å². The molecule has 176 valence electrons. The molecule has 1 amide bonds. The van der Waals surface area contributed by atoms with Crippen molar-refractivity contribution < 1.29 is 24.6 Å². The van der Waals surface area contributed by atoms with Gasteiger partial charge in [0.1, 0.15) is 0 Å². The van der Waals surface area contributed by atoms with Crippen LogP contribution in [0.2, 0.25) is 0 Å². The van der Waals surface area contributed by atoms with E-state index in [2.05, 4.69) is 10.5 Å². The van der Waals surface area contributed by atoms with Crippen LogP contribution >= 0.6 is 0 Å². The first-order valence-corrected chi connectivity index (χ1v) is 10.6. The number of hydrazone groups is 1. The van der Waals surface area contributed by atoms with E-state index < -0.39 is 11.9 Å². The first-order valence-electron chi connectivity index (χ1n) is 10.6. The Hall–Kier alpha value is -4.92. The molecule has 35 heavy (non-hydrogen) atoms. The highest BCUT2D eigenvalue weighted by Crippen LogP contribution is 2.23. The molecule has 2 aromatic heterocycles. The molecule has 4 aromatic rings. The molecule has 0 radical (unpaired) electrons. The number of aromatic carboxylic acids is 2. The maximum atomic E-state index is 12.8. The topological polar surface area (TPSA) is 126 Å². The summed E-state index contributed by atoms with van der Waals surface area (Å²) in [6, 6.07) is 16.7. The van der Waals surface area contributed by atoms with Crippen molar-refractivity contribution in [1.29, 1.82) is 0 Å². The third-order valence-corrected chi connectivity index (χ3v) is 5.54. The third-order valence-electron chi connectivity index (χ3n) is 5.54. The Bertz CT molecular complexity index is 1430. The number of nitrogens with zero attached hydrogens (tertiary/aromatic N) is 3. The van der Waals surface area contributed by atoms with Gasteiger partial charge in [0.15, 0.2) is 0 Å². The highest BCUT2D eigenvalue weighted by molar-refractivity contribution is 5.98. The lowest BCUT2D eigenvalue weighted by Gasteiger charge is -2.12. The molecule has 0 aliphatic rings. The molecule has 0 spiro atoms. The van der Waals surface area contributed by atoms with Gasteiger partial charge in [-0.05, 0) is 62.4 Å². The van der Waals surface area contributed by atoms with E-state index in [0.717, 1.165) is 17.4 Å². The Balaban J connectivity index is 1.61. The zero-order valence-electron chi connectivity index (χ0n) is 19.0. The molecule has 9 nitrogen and oxygen atoms in total. The molecular formula is C26H22N4O5. The van der Waals surface area contributed by atoms with Crippen LogP contribution < -0.4 is 5.43 Å². The van der Waals surface area contributed by atoms with Crippen LogP contribution in [0, 0.1) is 13.8 Å². The lowest BCUT2D eigenvalue weighted by atomic mass is 10.1. The van der Waals surface area contributed by atoms with E-state index >= 15 is 0 Å². The first kappa shape index (κ1) is 23.2. The fourth-order valence-corrected chi connectivity index (χ4v) is 3.91. The van der Waals surface area contributed by atoms with E-state index in [9.17, 15) is 24.6 Å². The number of carbonyl (C=O) groups excluding carboxylic acids is 1. The molecule has 0 unspecified atom stereocenters. The van der Waals surface area contributed by atoms with Crippen LogP contribution in [0.5, 0.6) is 0 Å². The molecular weight excluding hydrogens is 448 g/mol. The maximum absolute atomic E-state index is 12.8. The number of nitrogens with one attached hydrogen (secondary N) is 1. The first-order chi connectivity index (χ1) is 16.8. The van der Waals surface area contributed by atoms with E-state index in [-0.39, 0.29) is 17.0 Å². The molecule has 0 aliphatic carbocycles. The number of rotatable bonds is 7. The van der Waals surface area contributed by atoms with E-state index in [0.29, 0.717) is 22.5 Å². The predicted octanol–water partition coefficient (Wildman–Crippen LogP) is 4.05. The van der Waals surface area contributed by atoms with Gasteiger partial charge < -0.3 is 19.3 Å². The van der Waals surface area contributed by atoms with E-state index in [1.54, 1.807) is 23.6 Å². The van der Waals surface area contributed by atoms with Crippen LogP contribution in [0.1, 0.15) is 48.0 Å². The summed E-state index contributed by atoms with van der Waals surface area (Å²) >= 11 is 0. The summed E-state index contributed by atoms with van der Waals surface area (Å²) in [5, 5.41) is 22.9. The van der Waals surface area contributed by atoms with Gasteiger partial charge in [-0.3, -0.25) is 4.79 Å². The molecule has 0 bridgehead atoms. The van der Waals surface area contributed by atoms with Crippen LogP contribution in [0.4, 0.5) is 0 Å². The number of hydrogen-bond donors (Lipinski definition) is 3. The molecule has 2 heterocycles. The molecule has 0 atom stereocenters. The summed E-state index contributed by atoms with van der Waals surface area (Å²) in [7, 11) is 0. The number of carboxylic acids is 2. The van der Waals surface area contributed by atoms with Gasteiger partial charge in [-0.2, -0.15) is 5.10 Å². The number of aryl methyl sites for hydroxylation is 1. The van der Waals surface area contributed by atoms with Crippen molar-refractivity contribution in [2.45, 2.75) is 13.8 Å². The average Bonchev–Trinajstić information content (AvgIpc) is 3.47. The van der Waals surface area contributed by atoms with Gasteiger partial charge in [0, 0.05) is 35.0 Å². The summed E-state index contributed by atoms with van der Waals surface area (Å²) in [4.78, 5) is 35.8. The SMILES string of the molecule is Cc1cc(/C=N\NC(=O)c2ccccc2-n2cccc2)c(C)n1-c1cc(C(=O)O)cc(C(=O)O)c1. The monoisotopic (exact) mass is 470 g/mol. The second-order valence-corrected chi connectivity index (χ2v) is 7.85. The lowest BCUT2D eigenvalue weighted by Crippen LogP contribution is -2.19. The van der Waals surface area contributed by atoms with Gasteiger partial charge in [0.25, 0.3) is 5.91 Å². The average molecular weight is 470 g/mol. The Labute approximate surface area is 200 Å². The number of aromatic nitrogens is 2. The van der Waals surface area contributed by atoms with Crippen molar-refractivity contribution in [3.63, 3.8) is 0 Å². The van der Waals surface area contributed by atoms with Crippen LogP contribution in [0.15, 0.2) is 78.2 Å². The second kappa shape index (κ2) is 9.52. The summed E-state index contributed by atoms with van der Waals surface area (Å²) < 4.78 is 3.58. The highest BCUT2D eigenvalue weighted by Gasteiger charge is 2.16. The van der Waals surface area contributed by atoms with Crippen molar-refractivity contribution in [1.82, 2.24) is 14.6 Å². The minimum atomic E-state index is -1.22. The van der Waals surface area contributed by atoms with E-state index in [4.69, 9.17) is 0 Å². The van der Waals surface area contributed by atoms with Gasteiger partial charge in [-0.15, -0.1) is 0 Å². The van der Waals surface area contributed by atoms with Gasteiger partial charge in [-0.25, -0.2) is 15.0 Å². The normalized spacial score (nSPS) is 11.0. The molecule has 3 N–H and O–H groups in total. The molecule has 0 fully saturated rings. The number of carboxylic acid groups (broad SMARTS) is 2. The Morgan fingerprint density at radius 2 is 1.51 bits per heavy atom. The van der Waals surface area contributed by atoms with Crippen molar-refractivity contribution in [3.05, 3.63) is 107 Å². The minimum Gasteiger partial charge on any atom is -0.478 e. The number of hydrogen-bond acceptors (Lipinski definition) is 4. The maximum Gasteiger partial charge on any atom is 0.335 e. The Kier molecular flexibility index (Phi) is 6.32. The number of benzene rings is 2. The number of carbonyl (C=O) groups is 3. The Morgan fingerprint density at radius 3 is 2.14 bits per heavy atom. The number of amides is 1.